The van der Waals surface area contributed by atoms with Gasteiger partial charge in [0.1, 0.15) is 0 Å². The number of hydrogen-bond acceptors (Lipinski definition) is 2. The van der Waals surface area contributed by atoms with Crippen molar-refractivity contribution >= 4 is 5.91 Å². The number of alkyl halides is 1. The number of ether oxygens (including phenoxy) is 1. The summed E-state index contributed by atoms with van der Waals surface area (Å²) in [4.78, 5) is 11.0. The molecular weight excluding hydrogens is 149 g/mol. The van der Waals surface area contributed by atoms with Gasteiger partial charge in [0.15, 0.2) is 0 Å². The van der Waals surface area contributed by atoms with Gasteiger partial charge in [-0.15, -0.1) is 0 Å². The summed E-state index contributed by atoms with van der Waals surface area (Å²) >= 11 is 0. The summed E-state index contributed by atoms with van der Waals surface area (Å²) in [6.45, 7) is 1.09. The predicted octanol–water partition coefficient (Wildman–Crippen LogP) is 0.109. The van der Waals surface area contributed by atoms with E-state index in [0.717, 1.165) is 0 Å². The van der Waals surface area contributed by atoms with Gasteiger partial charge in [-0.25, -0.2) is 0 Å². The molecule has 0 saturated carbocycles. The number of carbonyl (C=O) groups excluding carboxylic acids is 1. The molecule has 1 rings (SSSR count). The van der Waals surface area contributed by atoms with Gasteiger partial charge in [-0.1, -0.05) is 0 Å². The molecule has 0 aliphatic carbocycles. The third-order valence-corrected chi connectivity index (χ3v) is 1.62. The van der Waals surface area contributed by atoms with Gasteiger partial charge in [-0.3, -0.25) is 9.18 Å². The van der Waals surface area contributed by atoms with E-state index in [4.69, 9.17) is 4.74 Å². The standard InChI is InChI=1S/C7H12FNO2/c8-2-1-3-9-7(10)6-4-11-5-6/h6H,1-5H2,(H,9,10). The molecule has 0 unspecified atom stereocenters. The molecule has 0 bridgehead atoms. The quantitative estimate of drug-likeness (QED) is 0.594. The first kappa shape index (κ1) is 8.46. The van der Waals surface area contributed by atoms with Crippen LogP contribution in [0.3, 0.4) is 0 Å². The van der Waals surface area contributed by atoms with Gasteiger partial charge in [0.2, 0.25) is 5.91 Å². The number of amides is 1. The second kappa shape index (κ2) is 4.28. The molecule has 1 amide bonds. The Kier molecular flexibility index (Phi) is 3.29. The smallest absolute Gasteiger partial charge is 0.227 e. The van der Waals surface area contributed by atoms with Crippen molar-refractivity contribution < 1.29 is 13.9 Å². The van der Waals surface area contributed by atoms with Crippen molar-refractivity contribution in [3.05, 3.63) is 0 Å². The molecule has 0 aromatic carbocycles. The Bertz CT molecular complexity index is 136. The lowest BCUT2D eigenvalue weighted by Gasteiger charge is -2.24. The first-order chi connectivity index (χ1) is 5.34. The van der Waals surface area contributed by atoms with E-state index in [9.17, 15) is 9.18 Å². The molecule has 1 heterocycles. The fourth-order valence-electron chi connectivity index (χ4n) is 0.810. The number of nitrogens with one attached hydrogen (secondary N) is 1. The lowest BCUT2D eigenvalue weighted by atomic mass is 10.1. The summed E-state index contributed by atoms with van der Waals surface area (Å²) in [5, 5.41) is 2.63. The Morgan fingerprint density at radius 1 is 1.64 bits per heavy atom. The Labute approximate surface area is 64.9 Å². The maximum absolute atomic E-state index is 11.6. The summed E-state index contributed by atoms with van der Waals surface area (Å²) in [7, 11) is 0. The first-order valence-electron chi connectivity index (χ1n) is 3.76. The van der Waals surface area contributed by atoms with Crippen LogP contribution in [0.4, 0.5) is 4.39 Å². The third kappa shape index (κ3) is 2.46. The van der Waals surface area contributed by atoms with Crippen LogP contribution in [0.5, 0.6) is 0 Å². The van der Waals surface area contributed by atoms with Crippen molar-refractivity contribution in [2.24, 2.45) is 5.92 Å². The number of halogens is 1. The normalized spacial score (nSPS) is 17.5. The van der Waals surface area contributed by atoms with E-state index in [-0.39, 0.29) is 18.5 Å². The average Bonchev–Trinajstić information content (AvgIpc) is 1.84. The Morgan fingerprint density at radius 3 is 2.82 bits per heavy atom. The maximum atomic E-state index is 11.6. The zero-order valence-electron chi connectivity index (χ0n) is 6.31. The Morgan fingerprint density at radius 2 is 2.36 bits per heavy atom. The molecule has 0 atom stereocenters. The van der Waals surface area contributed by atoms with Crippen LogP contribution in [0, 0.1) is 5.92 Å². The van der Waals surface area contributed by atoms with E-state index in [1.54, 1.807) is 0 Å². The highest BCUT2D eigenvalue weighted by atomic mass is 19.1. The van der Waals surface area contributed by atoms with E-state index in [2.05, 4.69) is 5.32 Å². The molecule has 1 aliphatic rings. The van der Waals surface area contributed by atoms with Crippen LogP contribution in [0.2, 0.25) is 0 Å². The molecule has 4 heteroatoms. The van der Waals surface area contributed by atoms with Crippen LogP contribution in [0.15, 0.2) is 0 Å². The second-order valence-electron chi connectivity index (χ2n) is 2.57. The van der Waals surface area contributed by atoms with Crippen molar-refractivity contribution in [3.63, 3.8) is 0 Å². The molecule has 1 saturated heterocycles. The lowest BCUT2D eigenvalue weighted by Crippen LogP contribution is -2.42. The van der Waals surface area contributed by atoms with Gasteiger partial charge in [0, 0.05) is 6.54 Å². The van der Waals surface area contributed by atoms with Gasteiger partial charge < -0.3 is 10.1 Å². The highest BCUT2D eigenvalue weighted by molar-refractivity contribution is 5.79. The number of hydrogen-bond donors (Lipinski definition) is 1. The fourth-order valence-corrected chi connectivity index (χ4v) is 0.810. The van der Waals surface area contributed by atoms with Crippen molar-refractivity contribution in [3.8, 4) is 0 Å². The fraction of sp³-hybridized carbons (Fsp3) is 0.857. The van der Waals surface area contributed by atoms with Crippen molar-refractivity contribution in [2.45, 2.75) is 6.42 Å². The molecule has 64 valence electrons. The van der Waals surface area contributed by atoms with E-state index < -0.39 is 0 Å². The molecule has 3 nitrogen and oxygen atoms in total. The first-order valence-corrected chi connectivity index (χ1v) is 3.76. The second-order valence-corrected chi connectivity index (χ2v) is 2.57. The minimum Gasteiger partial charge on any atom is -0.380 e. The SMILES string of the molecule is O=C(NCCCF)C1COC1. The van der Waals surface area contributed by atoms with Gasteiger partial charge in [-0.05, 0) is 6.42 Å². The van der Waals surface area contributed by atoms with Crippen LogP contribution in [0.1, 0.15) is 6.42 Å². The van der Waals surface area contributed by atoms with Crippen molar-refractivity contribution in [2.75, 3.05) is 26.4 Å². The van der Waals surface area contributed by atoms with Crippen LogP contribution in [-0.4, -0.2) is 32.3 Å². The Hall–Kier alpha value is -0.640. The molecule has 1 fully saturated rings. The summed E-state index contributed by atoms with van der Waals surface area (Å²) < 4.78 is 16.4. The minimum absolute atomic E-state index is 0.00890. The van der Waals surface area contributed by atoms with Gasteiger partial charge in [0.05, 0.1) is 25.8 Å². The molecule has 0 aromatic rings. The molecule has 0 spiro atoms. The molecule has 1 aliphatic heterocycles. The maximum Gasteiger partial charge on any atom is 0.227 e. The van der Waals surface area contributed by atoms with E-state index in [1.807, 2.05) is 0 Å². The van der Waals surface area contributed by atoms with Crippen molar-refractivity contribution in [1.82, 2.24) is 5.32 Å². The average molecular weight is 161 g/mol. The summed E-state index contributed by atoms with van der Waals surface area (Å²) in [5.41, 5.74) is 0. The zero-order valence-corrected chi connectivity index (χ0v) is 6.31. The highest BCUT2D eigenvalue weighted by Crippen LogP contribution is 2.08. The largest absolute Gasteiger partial charge is 0.380 e. The predicted molar refractivity (Wildman–Crippen MR) is 37.9 cm³/mol. The zero-order chi connectivity index (χ0) is 8.10. The molecular formula is C7H12FNO2. The molecule has 11 heavy (non-hydrogen) atoms. The number of rotatable bonds is 4. The van der Waals surface area contributed by atoms with Gasteiger partial charge in [-0.2, -0.15) is 0 Å². The molecule has 0 radical (unpaired) electrons. The van der Waals surface area contributed by atoms with E-state index >= 15 is 0 Å². The lowest BCUT2D eigenvalue weighted by molar-refractivity contribution is -0.138. The summed E-state index contributed by atoms with van der Waals surface area (Å²) in [5.74, 6) is -0.000638. The topological polar surface area (TPSA) is 38.3 Å². The monoisotopic (exact) mass is 161 g/mol. The Balaban J connectivity index is 2.01. The van der Waals surface area contributed by atoms with E-state index in [0.29, 0.717) is 26.2 Å². The van der Waals surface area contributed by atoms with E-state index in [1.165, 1.54) is 0 Å². The van der Waals surface area contributed by atoms with Crippen LogP contribution in [0.25, 0.3) is 0 Å². The van der Waals surface area contributed by atoms with Crippen molar-refractivity contribution in [1.29, 1.82) is 0 Å². The minimum atomic E-state index is -0.374. The van der Waals surface area contributed by atoms with Gasteiger partial charge >= 0.3 is 0 Å². The van der Waals surface area contributed by atoms with Crippen LogP contribution < -0.4 is 5.32 Å². The number of carbonyl (C=O) groups is 1. The third-order valence-electron chi connectivity index (χ3n) is 1.62. The summed E-state index contributed by atoms with van der Waals surface area (Å²) in [6.07, 6.45) is 0.402. The van der Waals surface area contributed by atoms with Gasteiger partial charge in [0.25, 0.3) is 0 Å². The molecule has 0 aromatic heterocycles. The summed E-state index contributed by atoms with van der Waals surface area (Å²) in [6, 6.07) is 0. The molecule has 1 N–H and O–H groups in total. The van der Waals surface area contributed by atoms with Crippen LogP contribution in [-0.2, 0) is 9.53 Å². The highest BCUT2D eigenvalue weighted by Gasteiger charge is 2.25. The van der Waals surface area contributed by atoms with Crippen LogP contribution >= 0.6 is 0 Å².